The maximum Gasteiger partial charge on any atom is 0.325 e. The lowest BCUT2D eigenvalue weighted by molar-refractivity contribution is -0.204. The Morgan fingerprint density at radius 1 is 0.765 bits per heavy atom. The molecule has 0 heterocycles. The molecule has 0 aliphatic heterocycles. The molecular formula is C28H36O6. The van der Waals surface area contributed by atoms with Crippen molar-refractivity contribution in [3.63, 3.8) is 0 Å². The van der Waals surface area contributed by atoms with Gasteiger partial charge in [-0.15, -0.1) is 0 Å². The zero-order valence-corrected chi connectivity index (χ0v) is 21.0. The van der Waals surface area contributed by atoms with Gasteiger partial charge in [0.1, 0.15) is 13.2 Å². The van der Waals surface area contributed by atoms with Gasteiger partial charge in [-0.25, -0.2) is 0 Å². The number of carboxylic acids is 1. The van der Waals surface area contributed by atoms with E-state index < -0.39 is 34.2 Å². The number of benzene rings is 2. The maximum atomic E-state index is 13.8. The molecule has 2 aromatic carbocycles. The Morgan fingerprint density at radius 3 is 1.44 bits per heavy atom. The third-order valence-corrected chi connectivity index (χ3v) is 6.62. The van der Waals surface area contributed by atoms with Crippen LogP contribution in [0.5, 0.6) is 0 Å². The minimum Gasteiger partial charge on any atom is -0.481 e. The van der Waals surface area contributed by atoms with E-state index in [4.69, 9.17) is 9.47 Å². The molecule has 1 N–H and O–H groups in total. The lowest BCUT2D eigenvalue weighted by Gasteiger charge is -2.49. The molecule has 0 aromatic heterocycles. The third-order valence-electron chi connectivity index (χ3n) is 6.62. The highest BCUT2D eigenvalue weighted by Crippen LogP contribution is 2.56. The van der Waals surface area contributed by atoms with Gasteiger partial charge in [0.2, 0.25) is 0 Å². The first kappa shape index (κ1) is 27.1. The Bertz CT molecular complexity index is 919. The van der Waals surface area contributed by atoms with Crippen LogP contribution < -0.4 is 0 Å². The largest absolute Gasteiger partial charge is 0.481 e. The van der Waals surface area contributed by atoms with Crippen molar-refractivity contribution in [2.75, 3.05) is 0 Å². The summed E-state index contributed by atoms with van der Waals surface area (Å²) in [5.41, 5.74) is -3.38. The van der Waals surface area contributed by atoms with E-state index in [0.717, 1.165) is 11.1 Å². The van der Waals surface area contributed by atoms with E-state index in [2.05, 4.69) is 0 Å². The van der Waals surface area contributed by atoms with Gasteiger partial charge in [-0.3, -0.25) is 14.4 Å². The van der Waals surface area contributed by atoms with Gasteiger partial charge in [0, 0.05) is 0 Å². The highest BCUT2D eigenvalue weighted by Gasteiger charge is 2.69. The summed E-state index contributed by atoms with van der Waals surface area (Å²) in [7, 11) is 0. The number of carbonyl (C=O) groups is 3. The van der Waals surface area contributed by atoms with Crippen molar-refractivity contribution in [3.05, 3.63) is 71.8 Å². The molecule has 0 aliphatic carbocycles. The molecule has 2 rings (SSSR count). The quantitative estimate of drug-likeness (QED) is 0.358. The van der Waals surface area contributed by atoms with Gasteiger partial charge in [-0.1, -0.05) is 95.3 Å². The Morgan fingerprint density at radius 2 is 1.15 bits per heavy atom. The lowest BCUT2D eigenvalue weighted by atomic mass is 9.51. The van der Waals surface area contributed by atoms with Crippen molar-refractivity contribution in [1.82, 2.24) is 0 Å². The first-order valence-electron chi connectivity index (χ1n) is 11.5. The van der Waals surface area contributed by atoms with Crippen LogP contribution in [0.3, 0.4) is 0 Å². The second kappa shape index (κ2) is 10.9. The second-order valence-electron chi connectivity index (χ2n) is 10.3. The Kier molecular flexibility index (Phi) is 8.65. The van der Waals surface area contributed by atoms with E-state index in [1.165, 1.54) is 6.92 Å². The minimum atomic E-state index is -2.06. The number of esters is 2. The Balaban J connectivity index is 2.59. The van der Waals surface area contributed by atoms with E-state index in [1.54, 1.807) is 45.0 Å². The van der Waals surface area contributed by atoms with Crippen molar-refractivity contribution in [2.45, 2.75) is 61.2 Å². The molecule has 6 heteroatoms. The molecule has 0 amide bonds. The van der Waals surface area contributed by atoms with Crippen LogP contribution in [-0.4, -0.2) is 23.0 Å². The monoisotopic (exact) mass is 468 g/mol. The predicted molar refractivity (Wildman–Crippen MR) is 130 cm³/mol. The number of carboxylic acid groups (broad SMARTS) is 1. The van der Waals surface area contributed by atoms with Crippen LogP contribution in [0.15, 0.2) is 60.7 Å². The summed E-state index contributed by atoms with van der Waals surface area (Å²) < 4.78 is 11.3. The molecule has 0 aliphatic rings. The number of hydrogen-bond donors (Lipinski definition) is 1. The summed E-state index contributed by atoms with van der Waals surface area (Å²) in [6.45, 7) is 10.1. The van der Waals surface area contributed by atoms with Crippen molar-refractivity contribution >= 4 is 17.9 Å². The molecule has 0 bridgehead atoms. The molecule has 34 heavy (non-hydrogen) atoms. The van der Waals surface area contributed by atoms with Gasteiger partial charge in [0.25, 0.3) is 0 Å². The highest BCUT2D eigenvalue weighted by molar-refractivity contribution is 6.05. The van der Waals surface area contributed by atoms with Crippen LogP contribution in [0.4, 0.5) is 0 Å². The number of hydrogen-bond acceptors (Lipinski definition) is 5. The predicted octanol–water partition coefficient (Wildman–Crippen LogP) is 5.64. The van der Waals surface area contributed by atoms with Crippen LogP contribution in [0.2, 0.25) is 0 Å². The highest BCUT2D eigenvalue weighted by atomic mass is 16.6. The molecule has 6 nitrogen and oxygen atoms in total. The molecule has 0 fully saturated rings. The smallest absolute Gasteiger partial charge is 0.325 e. The van der Waals surface area contributed by atoms with Crippen molar-refractivity contribution < 1.29 is 29.0 Å². The lowest BCUT2D eigenvalue weighted by Crippen LogP contribution is -2.62. The molecule has 184 valence electrons. The molecule has 1 unspecified atom stereocenters. The molecule has 0 radical (unpaired) electrons. The maximum absolute atomic E-state index is 13.8. The summed E-state index contributed by atoms with van der Waals surface area (Å²) in [5, 5.41) is 10.5. The van der Waals surface area contributed by atoms with Gasteiger partial charge >= 0.3 is 17.9 Å². The first-order chi connectivity index (χ1) is 15.9. The average Bonchev–Trinajstić information content (AvgIpc) is 2.79. The van der Waals surface area contributed by atoms with Crippen LogP contribution in [0, 0.1) is 22.2 Å². The first-order valence-corrected chi connectivity index (χ1v) is 11.5. The zero-order chi connectivity index (χ0) is 25.6. The number of rotatable bonds is 10. The number of carbonyl (C=O) groups excluding carboxylic acids is 2. The van der Waals surface area contributed by atoms with Gasteiger partial charge in [-0.05, 0) is 35.8 Å². The summed E-state index contributed by atoms with van der Waals surface area (Å²) in [4.78, 5) is 40.5. The molecule has 0 saturated heterocycles. The van der Waals surface area contributed by atoms with E-state index in [9.17, 15) is 19.5 Å². The fourth-order valence-corrected chi connectivity index (χ4v) is 4.31. The molecule has 0 saturated carbocycles. The van der Waals surface area contributed by atoms with Gasteiger partial charge in [-0.2, -0.15) is 0 Å². The third kappa shape index (κ3) is 5.49. The number of aliphatic carboxylic acids is 1. The molecule has 0 spiro atoms. The zero-order valence-electron chi connectivity index (χ0n) is 21.0. The topological polar surface area (TPSA) is 89.9 Å². The molecular weight excluding hydrogens is 432 g/mol. The van der Waals surface area contributed by atoms with E-state index >= 15 is 0 Å². The summed E-state index contributed by atoms with van der Waals surface area (Å²) in [6.07, 6.45) is -0.0334. The van der Waals surface area contributed by atoms with Crippen LogP contribution in [0.25, 0.3) is 0 Å². The normalized spacial score (nSPS) is 13.7. The average molecular weight is 469 g/mol. The van der Waals surface area contributed by atoms with E-state index in [0.29, 0.717) is 0 Å². The Labute approximate surface area is 202 Å². The van der Waals surface area contributed by atoms with Crippen molar-refractivity contribution in [3.8, 4) is 0 Å². The Hall–Kier alpha value is -3.15. The summed E-state index contributed by atoms with van der Waals surface area (Å²) in [5.74, 6) is -3.21. The van der Waals surface area contributed by atoms with Crippen LogP contribution >= 0.6 is 0 Å². The fraction of sp³-hybridized carbons (Fsp3) is 0.464. The van der Waals surface area contributed by atoms with E-state index in [1.807, 2.05) is 50.2 Å². The second-order valence-corrected chi connectivity index (χ2v) is 10.3. The minimum absolute atomic E-state index is 0.0334. The van der Waals surface area contributed by atoms with Gasteiger partial charge in [0.15, 0.2) is 5.41 Å². The number of ether oxygens (including phenoxy) is 2. The SMILES string of the molecule is CC(C)CC(C(=O)OCc1ccccc1)(C(=O)OCc1ccccc1)C(C)(C(=O)O)C(C)(C)C. The van der Waals surface area contributed by atoms with Gasteiger partial charge in [0.05, 0.1) is 5.41 Å². The van der Waals surface area contributed by atoms with Gasteiger partial charge < -0.3 is 14.6 Å². The van der Waals surface area contributed by atoms with Crippen LogP contribution in [0.1, 0.15) is 59.1 Å². The summed E-state index contributed by atoms with van der Waals surface area (Å²) >= 11 is 0. The standard InChI is InChI=1S/C28H36O6/c1-20(2)17-28(27(6,23(29)30)26(3,4)5,24(31)33-18-21-13-9-7-10-14-21)25(32)34-19-22-15-11-8-12-16-22/h7-16,20H,17-19H2,1-6H3,(H,29,30). The molecule has 1 atom stereocenters. The molecule has 2 aromatic rings. The summed E-state index contributed by atoms with van der Waals surface area (Å²) in [6, 6.07) is 18.1. The van der Waals surface area contributed by atoms with Crippen molar-refractivity contribution in [1.29, 1.82) is 0 Å². The van der Waals surface area contributed by atoms with Crippen molar-refractivity contribution in [2.24, 2.45) is 22.2 Å². The van der Waals surface area contributed by atoms with Crippen LogP contribution in [-0.2, 0) is 37.1 Å². The van der Waals surface area contributed by atoms with E-state index in [-0.39, 0.29) is 25.6 Å². The fourth-order valence-electron chi connectivity index (χ4n) is 4.31.